The fraction of sp³-hybridized carbons (Fsp3) is 0.625. The second-order valence-electron chi connectivity index (χ2n) is 3.44. The predicted octanol–water partition coefficient (Wildman–Crippen LogP) is 1.88. The summed E-state index contributed by atoms with van der Waals surface area (Å²) < 4.78 is 6.64. The molecule has 1 aromatic rings. The van der Waals surface area contributed by atoms with Crippen molar-refractivity contribution in [3.05, 3.63) is 9.98 Å². The van der Waals surface area contributed by atoms with Crippen LogP contribution in [0.1, 0.15) is 6.42 Å². The molecule has 3 heterocycles. The number of hydrogen-bond acceptors (Lipinski definition) is 4. The van der Waals surface area contributed by atoms with Gasteiger partial charge in [0.2, 0.25) is 0 Å². The van der Waals surface area contributed by atoms with E-state index in [1.807, 2.05) is 6.20 Å². The Hall–Kier alpha value is -0.130. The van der Waals surface area contributed by atoms with Crippen LogP contribution in [0.3, 0.4) is 0 Å². The van der Waals surface area contributed by atoms with Gasteiger partial charge >= 0.3 is 0 Å². The number of aromatic nitrogens is 1. The van der Waals surface area contributed by atoms with Crippen molar-refractivity contribution in [2.24, 2.45) is 0 Å². The maximum Gasteiger partial charge on any atom is 0.186 e. The zero-order chi connectivity index (χ0) is 8.84. The van der Waals surface area contributed by atoms with Gasteiger partial charge in [0, 0.05) is 6.54 Å². The molecule has 3 rings (SSSR count). The highest BCUT2D eigenvalue weighted by Crippen LogP contribution is 2.35. The molecule has 2 fully saturated rings. The number of nitrogens with zero attached hydrogens (tertiary/aromatic N) is 2. The first kappa shape index (κ1) is 8.20. The number of morpholine rings is 1. The SMILES string of the molecule is Brc1cnc(N2CC3CC2CO3)s1. The summed E-state index contributed by atoms with van der Waals surface area (Å²) in [7, 11) is 0. The Kier molecular flexibility index (Phi) is 1.85. The average Bonchev–Trinajstić information content (AvgIpc) is 2.77. The number of thiazole rings is 1. The lowest BCUT2D eigenvalue weighted by atomic mass is 10.2. The van der Waals surface area contributed by atoms with Crippen LogP contribution in [0.5, 0.6) is 0 Å². The van der Waals surface area contributed by atoms with Gasteiger partial charge in [0.05, 0.1) is 28.7 Å². The molecule has 3 nitrogen and oxygen atoms in total. The summed E-state index contributed by atoms with van der Waals surface area (Å²) in [5.74, 6) is 0. The van der Waals surface area contributed by atoms with Crippen molar-refractivity contribution >= 4 is 32.4 Å². The van der Waals surface area contributed by atoms with Gasteiger partial charge in [0.1, 0.15) is 0 Å². The lowest BCUT2D eigenvalue weighted by Gasteiger charge is -2.25. The Morgan fingerprint density at radius 2 is 2.62 bits per heavy atom. The van der Waals surface area contributed by atoms with E-state index in [0.29, 0.717) is 12.1 Å². The van der Waals surface area contributed by atoms with E-state index in [1.54, 1.807) is 11.3 Å². The molecule has 0 saturated carbocycles. The topological polar surface area (TPSA) is 25.4 Å². The highest BCUT2D eigenvalue weighted by atomic mass is 79.9. The molecule has 5 heteroatoms. The van der Waals surface area contributed by atoms with Crippen LogP contribution in [-0.4, -0.2) is 30.3 Å². The highest BCUT2D eigenvalue weighted by molar-refractivity contribution is 9.11. The van der Waals surface area contributed by atoms with Crippen LogP contribution in [0.2, 0.25) is 0 Å². The zero-order valence-corrected chi connectivity index (χ0v) is 9.34. The van der Waals surface area contributed by atoms with E-state index in [0.717, 1.165) is 22.1 Å². The minimum absolute atomic E-state index is 0.452. The van der Waals surface area contributed by atoms with Crippen LogP contribution in [0.4, 0.5) is 5.13 Å². The molecule has 0 amide bonds. The molecule has 2 aliphatic heterocycles. The van der Waals surface area contributed by atoms with Crippen LogP contribution < -0.4 is 4.90 Å². The fourth-order valence-electron chi connectivity index (χ4n) is 2.01. The number of hydrogen-bond donors (Lipinski definition) is 0. The van der Waals surface area contributed by atoms with Crippen LogP contribution >= 0.6 is 27.3 Å². The number of fused-ring (bicyclic) bond motifs is 2. The Morgan fingerprint density at radius 3 is 3.15 bits per heavy atom. The Morgan fingerprint density at radius 1 is 1.69 bits per heavy atom. The second kappa shape index (κ2) is 2.93. The summed E-state index contributed by atoms with van der Waals surface area (Å²) in [5, 5.41) is 1.13. The van der Waals surface area contributed by atoms with Crippen LogP contribution in [-0.2, 0) is 4.74 Å². The number of rotatable bonds is 1. The molecule has 0 radical (unpaired) electrons. The minimum Gasteiger partial charge on any atom is -0.374 e. The lowest BCUT2D eigenvalue weighted by molar-refractivity contribution is 0.0991. The largest absolute Gasteiger partial charge is 0.374 e. The van der Waals surface area contributed by atoms with Gasteiger partial charge in [0.15, 0.2) is 5.13 Å². The molecule has 2 saturated heterocycles. The van der Waals surface area contributed by atoms with Crippen molar-refractivity contribution in [3.63, 3.8) is 0 Å². The minimum atomic E-state index is 0.452. The van der Waals surface area contributed by atoms with Crippen molar-refractivity contribution < 1.29 is 4.74 Å². The first-order chi connectivity index (χ1) is 6.33. The summed E-state index contributed by atoms with van der Waals surface area (Å²) in [4.78, 5) is 6.72. The normalized spacial score (nSPS) is 31.6. The maximum absolute atomic E-state index is 5.53. The molecule has 0 aromatic carbocycles. The first-order valence-electron chi connectivity index (χ1n) is 4.32. The summed E-state index contributed by atoms with van der Waals surface area (Å²) >= 11 is 5.13. The van der Waals surface area contributed by atoms with E-state index in [9.17, 15) is 0 Å². The number of halogens is 1. The molecule has 1 aromatic heterocycles. The average molecular weight is 261 g/mol. The Balaban J connectivity index is 1.87. The van der Waals surface area contributed by atoms with Crippen molar-refractivity contribution in [1.82, 2.24) is 4.98 Å². The highest BCUT2D eigenvalue weighted by Gasteiger charge is 2.40. The Labute approximate surface area is 88.8 Å². The third-order valence-electron chi connectivity index (χ3n) is 2.61. The molecule has 70 valence electrons. The van der Waals surface area contributed by atoms with Crippen molar-refractivity contribution in [3.8, 4) is 0 Å². The van der Waals surface area contributed by atoms with Crippen molar-refractivity contribution in [1.29, 1.82) is 0 Å². The third-order valence-corrected chi connectivity index (χ3v) is 4.12. The van der Waals surface area contributed by atoms with Crippen LogP contribution in [0, 0.1) is 0 Å². The number of ether oxygens (including phenoxy) is 1. The van der Waals surface area contributed by atoms with Gasteiger partial charge < -0.3 is 9.64 Å². The van der Waals surface area contributed by atoms with Gasteiger partial charge in [-0.25, -0.2) is 4.98 Å². The van der Waals surface area contributed by atoms with Gasteiger partial charge in [0.25, 0.3) is 0 Å². The van der Waals surface area contributed by atoms with Crippen LogP contribution in [0.15, 0.2) is 9.98 Å². The Bertz CT molecular complexity index is 330. The molecule has 0 aliphatic carbocycles. The second-order valence-corrected chi connectivity index (χ2v) is 5.83. The van der Waals surface area contributed by atoms with Gasteiger partial charge in [-0.05, 0) is 22.4 Å². The molecular weight excluding hydrogens is 252 g/mol. The molecule has 0 spiro atoms. The van der Waals surface area contributed by atoms with E-state index < -0.39 is 0 Å². The first-order valence-corrected chi connectivity index (χ1v) is 5.93. The van der Waals surface area contributed by atoms with Gasteiger partial charge in [-0.3, -0.25) is 0 Å². The lowest BCUT2D eigenvalue weighted by Crippen LogP contribution is -2.36. The van der Waals surface area contributed by atoms with E-state index in [-0.39, 0.29) is 0 Å². The van der Waals surface area contributed by atoms with E-state index in [4.69, 9.17) is 4.74 Å². The van der Waals surface area contributed by atoms with Gasteiger partial charge in [-0.15, -0.1) is 0 Å². The van der Waals surface area contributed by atoms with Gasteiger partial charge in [-0.1, -0.05) is 11.3 Å². The fourth-order valence-corrected chi connectivity index (χ4v) is 3.28. The molecule has 2 atom stereocenters. The van der Waals surface area contributed by atoms with E-state index in [1.165, 1.54) is 6.42 Å². The molecule has 13 heavy (non-hydrogen) atoms. The quantitative estimate of drug-likeness (QED) is 0.771. The van der Waals surface area contributed by atoms with Crippen molar-refractivity contribution in [2.75, 3.05) is 18.1 Å². The van der Waals surface area contributed by atoms with Crippen molar-refractivity contribution in [2.45, 2.75) is 18.6 Å². The summed E-state index contributed by atoms with van der Waals surface area (Å²) in [5.41, 5.74) is 0. The van der Waals surface area contributed by atoms with E-state index in [2.05, 4.69) is 25.8 Å². The molecule has 2 unspecified atom stereocenters. The summed E-state index contributed by atoms with van der Waals surface area (Å²) in [6.45, 7) is 1.90. The third kappa shape index (κ3) is 1.30. The smallest absolute Gasteiger partial charge is 0.186 e. The predicted molar refractivity (Wildman–Crippen MR) is 55.3 cm³/mol. The maximum atomic E-state index is 5.53. The molecule has 0 N–H and O–H groups in total. The monoisotopic (exact) mass is 260 g/mol. The standard InChI is InChI=1S/C8H9BrN2OS/c9-7-2-10-8(13-7)11-3-6-1-5(11)4-12-6/h2,5-6H,1,3-4H2. The van der Waals surface area contributed by atoms with Gasteiger partial charge in [-0.2, -0.15) is 0 Å². The summed E-state index contributed by atoms with van der Waals surface area (Å²) in [6, 6.07) is 0.572. The molecule has 2 bridgehead atoms. The summed E-state index contributed by atoms with van der Waals surface area (Å²) in [6.07, 6.45) is 3.50. The van der Waals surface area contributed by atoms with E-state index >= 15 is 0 Å². The zero-order valence-electron chi connectivity index (χ0n) is 6.94. The van der Waals surface area contributed by atoms with Crippen LogP contribution in [0.25, 0.3) is 0 Å². The number of anilines is 1. The molecule has 2 aliphatic rings. The molecular formula is C8H9BrN2OS.